The van der Waals surface area contributed by atoms with Crippen molar-refractivity contribution < 1.29 is 17.7 Å². The van der Waals surface area contributed by atoms with E-state index in [2.05, 4.69) is 20.0 Å². The number of likely N-dealkylation sites (tertiary alicyclic amines) is 1. The molecule has 0 unspecified atom stereocenters. The van der Waals surface area contributed by atoms with Crippen molar-refractivity contribution in [2.45, 2.75) is 38.4 Å². The Morgan fingerprint density at radius 1 is 1.19 bits per heavy atom. The minimum atomic E-state index is -4.46. The Morgan fingerprint density at radius 2 is 1.89 bits per heavy atom. The van der Waals surface area contributed by atoms with Gasteiger partial charge in [-0.05, 0) is 56.6 Å². The molecule has 0 aliphatic carbocycles. The van der Waals surface area contributed by atoms with Crippen LogP contribution in [0.15, 0.2) is 35.1 Å². The second-order valence-corrected chi connectivity index (χ2v) is 6.96. The maximum atomic E-state index is 13.5. The standard InChI is InChI=1S/C19H19F3N4O/c1-12-10-15(19(20,21)22)16-17(25-27-18(16)24-12)14-4-8-26(9-5-14)11-13-2-6-23-7-3-13/h2-3,6-7,10,14H,4-5,8-9,11H2,1H3. The van der Waals surface area contributed by atoms with Crippen molar-refractivity contribution >= 4 is 11.1 Å². The van der Waals surface area contributed by atoms with Crippen LogP contribution < -0.4 is 0 Å². The van der Waals surface area contributed by atoms with E-state index in [-0.39, 0.29) is 22.7 Å². The van der Waals surface area contributed by atoms with E-state index in [0.29, 0.717) is 5.69 Å². The van der Waals surface area contributed by atoms with Gasteiger partial charge >= 0.3 is 6.18 Å². The summed E-state index contributed by atoms with van der Waals surface area (Å²) in [6, 6.07) is 5.02. The molecule has 3 aromatic rings. The van der Waals surface area contributed by atoms with E-state index in [9.17, 15) is 13.2 Å². The van der Waals surface area contributed by atoms with Gasteiger partial charge in [-0.15, -0.1) is 0 Å². The molecule has 0 atom stereocenters. The third kappa shape index (κ3) is 3.66. The van der Waals surface area contributed by atoms with Gasteiger partial charge < -0.3 is 4.52 Å². The summed E-state index contributed by atoms with van der Waals surface area (Å²) in [7, 11) is 0. The van der Waals surface area contributed by atoms with Crippen molar-refractivity contribution in [3.8, 4) is 0 Å². The minimum absolute atomic E-state index is 0.0145. The molecule has 0 spiro atoms. The van der Waals surface area contributed by atoms with Gasteiger partial charge in [-0.3, -0.25) is 9.88 Å². The Kier molecular flexibility index (Phi) is 4.59. The van der Waals surface area contributed by atoms with Crippen LogP contribution in [-0.2, 0) is 12.7 Å². The number of piperidine rings is 1. The van der Waals surface area contributed by atoms with Gasteiger partial charge in [0.1, 0.15) is 0 Å². The lowest BCUT2D eigenvalue weighted by atomic mass is 9.90. The summed E-state index contributed by atoms with van der Waals surface area (Å²) in [5, 5.41) is 3.99. The summed E-state index contributed by atoms with van der Waals surface area (Å²) >= 11 is 0. The average molecular weight is 376 g/mol. The largest absolute Gasteiger partial charge is 0.417 e. The molecule has 4 rings (SSSR count). The molecule has 0 N–H and O–H groups in total. The van der Waals surface area contributed by atoms with Gasteiger partial charge in [0, 0.05) is 30.6 Å². The molecule has 0 aromatic carbocycles. The Bertz CT molecular complexity index is 931. The maximum Gasteiger partial charge on any atom is 0.417 e. The number of hydrogen-bond acceptors (Lipinski definition) is 5. The quantitative estimate of drug-likeness (QED) is 0.681. The van der Waals surface area contributed by atoms with Crippen LogP contribution in [0.2, 0.25) is 0 Å². The number of aryl methyl sites for hydroxylation is 1. The molecule has 27 heavy (non-hydrogen) atoms. The monoisotopic (exact) mass is 376 g/mol. The summed E-state index contributed by atoms with van der Waals surface area (Å²) < 4.78 is 45.7. The molecule has 1 aliphatic heterocycles. The highest BCUT2D eigenvalue weighted by atomic mass is 19.4. The van der Waals surface area contributed by atoms with Crippen molar-refractivity contribution in [1.82, 2.24) is 20.0 Å². The molecular formula is C19H19F3N4O. The Hall–Kier alpha value is -2.48. The van der Waals surface area contributed by atoms with E-state index in [0.717, 1.165) is 38.5 Å². The topological polar surface area (TPSA) is 55.1 Å². The predicted octanol–water partition coefficient (Wildman–Crippen LogP) is 4.32. The molecule has 142 valence electrons. The van der Waals surface area contributed by atoms with Crippen LogP contribution in [0.3, 0.4) is 0 Å². The fraction of sp³-hybridized carbons (Fsp3) is 0.421. The number of fused-ring (bicyclic) bond motifs is 1. The third-order valence-electron chi connectivity index (χ3n) is 5.04. The Balaban J connectivity index is 1.56. The average Bonchev–Trinajstić information content (AvgIpc) is 3.05. The van der Waals surface area contributed by atoms with Gasteiger partial charge in [-0.2, -0.15) is 13.2 Å². The van der Waals surface area contributed by atoms with Gasteiger partial charge in [-0.25, -0.2) is 4.98 Å². The highest BCUT2D eigenvalue weighted by molar-refractivity contribution is 5.81. The van der Waals surface area contributed by atoms with Crippen LogP contribution in [0.4, 0.5) is 13.2 Å². The number of halogens is 3. The number of rotatable bonds is 3. The summed E-state index contributed by atoms with van der Waals surface area (Å²) in [6.07, 6.45) is 0.526. The second kappa shape index (κ2) is 6.92. The van der Waals surface area contributed by atoms with E-state index < -0.39 is 11.7 Å². The molecular weight excluding hydrogens is 357 g/mol. The summed E-state index contributed by atoms with van der Waals surface area (Å²) in [4.78, 5) is 10.4. The van der Waals surface area contributed by atoms with E-state index in [1.165, 1.54) is 12.5 Å². The van der Waals surface area contributed by atoms with Crippen LogP contribution in [0.1, 0.15) is 41.3 Å². The van der Waals surface area contributed by atoms with Gasteiger partial charge in [-0.1, -0.05) is 5.16 Å². The lowest BCUT2D eigenvalue weighted by Gasteiger charge is -2.31. The Labute approximate surface area is 154 Å². The molecule has 0 amide bonds. The molecule has 8 heteroatoms. The fourth-order valence-electron chi connectivity index (χ4n) is 3.71. The highest BCUT2D eigenvalue weighted by Gasteiger charge is 2.37. The van der Waals surface area contributed by atoms with Crippen LogP contribution in [0, 0.1) is 6.92 Å². The molecule has 1 aliphatic rings. The molecule has 0 radical (unpaired) electrons. The maximum absolute atomic E-state index is 13.5. The smallest absolute Gasteiger partial charge is 0.336 e. The summed E-state index contributed by atoms with van der Waals surface area (Å²) in [5.41, 5.74) is 1.09. The second-order valence-electron chi connectivity index (χ2n) is 6.96. The molecule has 5 nitrogen and oxygen atoms in total. The van der Waals surface area contributed by atoms with Gasteiger partial charge in [0.15, 0.2) is 0 Å². The fourth-order valence-corrected chi connectivity index (χ4v) is 3.71. The van der Waals surface area contributed by atoms with E-state index >= 15 is 0 Å². The van der Waals surface area contributed by atoms with Crippen molar-refractivity contribution in [2.75, 3.05) is 13.1 Å². The first-order chi connectivity index (χ1) is 12.9. The number of aromatic nitrogens is 3. The van der Waals surface area contributed by atoms with E-state index in [4.69, 9.17) is 4.52 Å². The molecule has 1 saturated heterocycles. The van der Waals surface area contributed by atoms with Gasteiger partial charge in [0.05, 0.1) is 16.6 Å². The van der Waals surface area contributed by atoms with Crippen molar-refractivity contribution in [2.24, 2.45) is 0 Å². The molecule has 1 fully saturated rings. The minimum Gasteiger partial charge on any atom is -0.336 e. The van der Waals surface area contributed by atoms with Crippen molar-refractivity contribution in [3.63, 3.8) is 0 Å². The molecule has 0 saturated carbocycles. The molecule has 0 bridgehead atoms. The van der Waals surface area contributed by atoms with Crippen LogP contribution in [0.5, 0.6) is 0 Å². The zero-order valence-corrected chi connectivity index (χ0v) is 14.8. The summed E-state index contributed by atoms with van der Waals surface area (Å²) in [5.74, 6) is -0.0643. The number of alkyl halides is 3. The lowest BCUT2D eigenvalue weighted by molar-refractivity contribution is -0.136. The first-order valence-electron chi connectivity index (χ1n) is 8.87. The zero-order valence-electron chi connectivity index (χ0n) is 14.8. The third-order valence-corrected chi connectivity index (χ3v) is 5.04. The molecule has 4 heterocycles. The first-order valence-corrected chi connectivity index (χ1v) is 8.87. The SMILES string of the molecule is Cc1cc(C(F)(F)F)c2c(C3CCN(Cc4ccncc4)CC3)noc2n1. The van der Waals surface area contributed by atoms with Gasteiger partial charge in [0.2, 0.25) is 0 Å². The van der Waals surface area contributed by atoms with Gasteiger partial charge in [0.25, 0.3) is 5.71 Å². The normalized spacial score (nSPS) is 16.9. The van der Waals surface area contributed by atoms with E-state index in [1.54, 1.807) is 12.4 Å². The zero-order chi connectivity index (χ0) is 19.0. The number of nitrogens with zero attached hydrogens (tertiary/aromatic N) is 4. The van der Waals surface area contributed by atoms with Crippen LogP contribution >= 0.6 is 0 Å². The van der Waals surface area contributed by atoms with E-state index in [1.807, 2.05) is 12.1 Å². The van der Waals surface area contributed by atoms with Crippen molar-refractivity contribution in [3.05, 3.63) is 53.1 Å². The lowest BCUT2D eigenvalue weighted by Crippen LogP contribution is -2.32. The van der Waals surface area contributed by atoms with Crippen LogP contribution in [-0.4, -0.2) is 33.1 Å². The van der Waals surface area contributed by atoms with Crippen LogP contribution in [0.25, 0.3) is 11.1 Å². The first kappa shape index (κ1) is 17.9. The number of hydrogen-bond donors (Lipinski definition) is 0. The number of pyridine rings is 2. The predicted molar refractivity (Wildman–Crippen MR) is 93.0 cm³/mol. The summed E-state index contributed by atoms with van der Waals surface area (Å²) in [6.45, 7) is 3.92. The molecule has 3 aromatic heterocycles. The van der Waals surface area contributed by atoms with Crippen molar-refractivity contribution in [1.29, 1.82) is 0 Å². The Morgan fingerprint density at radius 3 is 2.56 bits per heavy atom. The highest BCUT2D eigenvalue weighted by Crippen LogP contribution is 2.40.